The Kier molecular flexibility index (Phi) is 6.99. The van der Waals surface area contributed by atoms with Crippen LogP contribution in [0.4, 0.5) is 18.9 Å². The number of rotatable bonds is 7. The van der Waals surface area contributed by atoms with Crippen molar-refractivity contribution < 1.29 is 26.4 Å². The van der Waals surface area contributed by atoms with E-state index in [1.165, 1.54) is 16.4 Å². The van der Waals surface area contributed by atoms with Gasteiger partial charge in [0.25, 0.3) is 0 Å². The molecule has 10 heteroatoms. The molecule has 1 amide bonds. The molecule has 1 heterocycles. The van der Waals surface area contributed by atoms with Gasteiger partial charge in [-0.2, -0.15) is 4.31 Å². The first kappa shape index (κ1) is 22.1. The van der Waals surface area contributed by atoms with Gasteiger partial charge in [0.05, 0.1) is 10.6 Å². The van der Waals surface area contributed by atoms with Gasteiger partial charge in [-0.15, -0.1) is 0 Å². The zero-order chi connectivity index (χ0) is 21.7. The number of anilines is 1. The maximum Gasteiger partial charge on any atom is 0.243 e. The Morgan fingerprint density at radius 2 is 1.60 bits per heavy atom. The standard InChI is InChI=1S/C20H22F3N3O3S/c21-16-9-10-17(20(23)19(16)22)24-25-18(27)11-6-14-4-7-15(8-5-14)30(28,29)26-12-2-1-3-13-26/h4-5,7-10,24H,1-3,6,11-13H2,(H,25,27). The third-order valence-electron chi connectivity index (χ3n) is 4.89. The summed E-state index contributed by atoms with van der Waals surface area (Å²) in [5.74, 6) is -4.88. The van der Waals surface area contributed by atoms with E-state index in [-0.39, 0.29) is 11.3 Å². The average Bonchev–Trinajstić information content (AvgIpc) is 2.76. The monoisotopic (exact) mass is 441 g/mol. The lowest BCUT2D eigenvalue weighted by Gasteiger charge is -2.25. The number of carbonyl (C=O) groups is 1. The fourth-order valence-corrected chi connectivity index (χ4v) is 4.68. The molecule has 0 aromatic heterocycles. The minimum atomic E-state index is -3.51. The molecule has 1 aliphatic heterocycles. The van der Waals surface area contributed by atoms with Gasteiger partial charge in [-0.25, -0.2) is 21.6 Å². The second kappa shape index (κ2) is 9.48. The highest BCUT2D eigenvalue weighted by Gasteiger charge is 2.25. The van der Waals surface area contributed by atoms with Gasteiger partial charge in [0.1, 0.15) is 0 Å². The van der Waals surface area contributed by atoms with Crippen molar-refractivity contribution in [3.8, 4) is 0 Å². The Balaban J connectivity index is 1.52. The Labute approximate surface area is 173 Å². The van der Waals surface area contributed by atoms with Crippen LogP contribution in [-0.2, 0) is 21.2 Å². The molecule has 3 rings (SSSR count). The number of halogens is 3. The van der Waals surface area contributed by atoms with Gasteiger partial charge in [0.2, 0.25) is 15.9 Å². The lowest BCUT2D eigenvalue weighted by Crippen LogP contribution is -2.35. The van der Waals surface area contributed by atoms with Crippen molar-refractivity contribution >= 4 is 21.6 Å². The summed E-state index contributed by atoms with van der Waals surface area (Å²) in [6.45, 7) is 1.05. The first-order valence-corrected chi connectivity index (χ1v) is 11.0. The van der Waals surface area contributed by atoms with Crippen LogP contribution in [0.25, 0.3) is 0 Å². The number of piperidine rings is 1. The van der Waals surface area contributed by atoms with Gasteiger partial charge >= 0.3 is 0 Å². The molecular weight excluding hydrogens is 419 g/mol. The molecule has 0 aliphatic carbocycles. The SMILES string of the molecule is O=C(CCc1ccc(S(=O)(=O)N2CCCCC2)cc1)NNc1ccc(F)c(F)c1F. The highest BCUT2D eigenvalue weighted by atomic mass is 32.2. The zero-order valence-corrected chi connectivity index (χ0v) is 16.9. The second-order valence-corrected chi connectivity index (χ2v) is 8.94. The first-order valence-electron chi connectivity index (χ1n) is 9.56. The lowest BCUT2D eigenvalue weighted by molar-refractivity contribution is -0.120. The van der Waals surface area contributed by atoms with Crippen molar-refractivity contribution in [3.05, 3.63) is 59.4 Å². The number of sulfonamides is 1. The predicted molar refractivity (Wildman–Crippen MR) is 105 cm³/mol. The molecule has 2 aromatic rings. The van der Waals surface area contributed by atoms with Crippen LogP contribution in [0.2, 0.25) is 0 Å². The molecule has 0 bridgehead atoms. The van der Waals surface area contributed by atoms with Crippen LogP contribution in [0.3, 0.4) is 0 Å². The van der Waals surface area contributed by atoms with Crippen LogP contribution in [-0.4, -0.2) is 31.7 Å². The minimum Gasteiger partial charge on any atom is -0.296 e. The molecule has 0 unspecified atom stereocenters. The summed E-state index contributed by atoms with van der Waals surface area (Å²) < 4.78 is 66.4. The third-order valence-corrected chi connectivity index (χ3v) is 6.80. The second-order valence-electron chi connectivity index (χ2n) is 7.00. The maximum absolute atomic E-state index is 13.6. The minimum absolute atomic E-state index is 0.0243. The summed E-state index contributed by atoms with van der Waals surface area (Å²) in [5, 5.41) is 0. The highest BCUT2D eigenvalue weighted by Crippen LogP contribution is 2.21. The fourth-order valence-electron chi connectivity index (χ4n) is 3.16. The van der Waals surface area contributed by atoms with Gasteiger partial charge in [-0.3, -0.25) is 15.6 Å². The van der Waals surface area contributed by atoms with Gasteiger partial charge in [0, 0.05) is 19.5 Å². The normalized spacial score (nSPS) is 15.0. The number of nitrogens with zero attached hydrogens (tertiary/aromatic N) is 1. The molecule has 0 radical (unpaired) electrons. The summed E-state index contributed by atoms with van der Waals surface area (Å²) in [7, 11) is -3.51. The largest absolute Gasteiger partial charge is 0.296 e. The van der Waals surface area contributed by atoms with Crippen molar-refractivity contribution in [2.24, 2.45) is 0 Å². The molecule has 0 saturated carbocycles. The van der Waals surface area contributed by atoms with Crippen LogP contribution in [0.5, 0.6) is 0 Å². The Bertz CT molecular complexity index is 1010. The summed E-state index contributed by atoms with van der Waals surface area (Å²) >= 11 is 0. The molecule has 1 aliphatic rings. The van der Waals surface area contributed by atoms with Crippen LogP contribution in [0.1, 0.15) is 31.2 Å². The van der Waals surface area contributed by atoms with Crippen molar-refractivity contribution in [1.82, 2.24) is 9.73 Å². The highest BCUT2D eigenvalue weighted by molar-refractivity contribution is 7.89. The molecule has 1 saturated heterocycles. The number of carbonyl (C=O) groups excluding carboxylic acids is 1. The Morgan fingerprint density at radius 1 is 0.933 bits per heavy atom. The van der Waals surface area contributed by atoms with Gasteiger partial charge in [0.15, 0.2) is 17.5 Å². The van der Waals surface area contributed by atoms with E-state index in [0.717, 1.165) is 37.0 Å². The predicted octanol–water partition coefficient (Wildman–Crippen LogP) is 3.35. The molecule has 30 heavy (non-hydrogen) atoms. The van der Waals surface area contributed by atoms with Crippen molar-refractivity contribution in [2.45, 2.75) is 37.0 Å². The molecule has 1 fully saturated rings. The third kappa shape index (κ3) is 5.11. The number of amides is 1. The topological polar surface area (TPSA) is 78.5 Å². The van der Waals surface area contributed by atoms with Crippen molar-refractivity contribution in [3.63, 3.8) is 0 Å². The summed E-state index contributed by atoms with van der Waals surface area (Å²) in [5.41, 5.74) is 4.79. The first-order chi connectivity index (χ1) is 14.3. The average molecular weight is 441 g/mol. The van der Waals surface area contributed by atoms with Gasteiger partial charge in [-0.1, -0.05) is 18.6 Å². The molecule has 0 atom stereocenters. The quantitative estimate of drug-likeness (QED) is 0.510. The molecule has 6 nitrogen and oxygen atoms in total. The fraction of sp³-hybridized carbons (Fsp3) is 0.350. The Hall–Kier alpha value is -2.59. The smallest absolute Gasteiger partial charge is 0.243 e. The number of hydrogen-bond acceptors (Lipinski definition) is 4. The molecule has 0 spiro atoms. The van der Waals surface area contributed by atoms with Crippen LogP contribution in [0, 0.1) is 17.5 Å². The van der Waals surface area contributed by atoms with Crippen LogP contribution in [0.15, 0.2) is 41.3 Å². The summed E-state index contributed by atoms with van der Waals surface area (Å²) in [4.78, 5) is 12.1. The lowest BCUT2D eigenvalue weighted by atomic mass is 10.1. The van der Waals surface area contributed by atoms with E-state index in [2.05, 4.69) is 10.9 Å². The zero-order valence-electron chi connectivity index (χ0n) is 16.1. The van der Waals surface area contributed by atoms with Crippen molar-refractivity contribution in [1.29, 1.82) is 0 Å². The maximum atomic E-state index is 13.6. The molecule has 2 N–H and O–H groups in total. The Morgan fingerprint density at radius 3 is 2.27 bits per heavy atom. The van der Waals surface area contributed by atoms with Gasteiger partial charge < -0.3 is 0 Å². The molecular formula is C20H22F3N3O3S. The number of nitrogens with one attached hydrogen (secondary N) is 2. The summed E-state index contributed by atoms with van der Waals surface area (Å²) in [6.07, 6.45) is 3.09. The van der Waals surface area contributed by atoms with E-state index < -0.39 is 39.1 Å². The van der Waals surface area contributed by atoms with Gasteiger partial charge in [-0.05, 0) is 49.1 Å². The number of benzene rings is 2. The molecule has 162 valence electrons. The number of hydrogen-bond donors (Lipinski definition) is 2. The van der Waals surface area contributed by atoms with E-state index >= 15 is 0 Å². The van der Waals surface area contributed by atoms with Crippen molar-refractivity contribution in [2.75, 3.05) is 18.5 Å². The van der Waals surface area contributed by atoms with E-state index in [9.17, 15) is 26.4 Å². The summed E-state index contributed by atoms with van der Waals surface area (Å²) in [6, 6.07) is 8.04. The van der Waals surface area contributed by atoms with E-state index in [4.69, 9.17) is 0 Å². The number of aryl methyl sites for hydroxylation is 1. The number of hydrazine groups is 1. The van der Waals surface area contributed by atoms with E-state index in [1.807, 2.05) is 0 Å². The van der Waals surface area contributed by atoms with Crippen LogP contribution >= 0.6 is 0 Å². The molecule has 2 aromatic carbocycles. The van der Waals surface area contributed by atoms with E-state index in [0.29, 0.717) is 19.5 Å². The van der Waals surface area contributed by atoms with Crippen LogP contribution < -0.4 is 10.9 Å². The van der Waals surface area contributed by atoms with E-state index in [1.54, 1.807) is 12.1 Å².